The monoisotopic (exact) mass is 331 g/mol. The lowest BCUT2D eigenvalue weighted by atomic mass is 9.94. The first-order valence-corrected chi connectivity index (χ1v) is 7.69. The van der Waals surface area contributed by atoms with Gasteiger partial charge in [0.25, 0.3) is 0 Å². The first-order valence-electron chi connectivity index (χ1n) is 6.43. The fraction of sp³-hybridized carbons (Fsp3) is 0.0625. The van der Waals surface area contributed by atoms with Gasteiger partial charge in [-0.25, -0.2) is 4.79 Å². The van der Waals surface area contributed by atoms with E-state index in [2.05, 4.69) is 4.99 Å². The molecule has 1 aromatic heterocycles. The van der Waals surface area contributed by atoms with Gasteiger partial charge in [0.1, 0.15) is 0 Å². The minimum absolute atomic E-state index is 0.0350. The normalized spacial score (nSPS) is 17.0. The fourth-order valence-corrected chi connectivity index (χ4v) is 3.19. The van der Waals surface area contributed by atoms with Crippen LogP contribution in [-0.4, -0.2) is 22.6 Å². The Bertz CT molecular complexity index is 809. The Morgan fingerprint density at radius 2 is 1.91 bits per heavy atom. The first-order chi connectivity index (χ1) is 10.6. The van der Waals surface area contributed by atoms with Crippen molar-refractivity contribution in [3.63, 3.8) is 0 Å². The highest BCUT2D eigenvalue weighted by Gasteiger charge is 2.26. The zero-order chi connectivity index (χ0) is 15.7. The Labute approximate surface area is 135 Å². The number of carbonyl (C=O) groups is 2. The van der Waals surface area contributed by atoms with Gasteiger partial charge in [-0.1, -0.05) is 41.9 Å². The van der Waals surface area contributed by atoms with Crippen molar-refractivity contribution in [2.24, 2.45) is 4.99 Å². The molecule has 0 amide bonds. The Kier molecular flexibility index (Phi) is 3.92. The van der Waals surface area contributed by atoms with E-state index in [1.807, 2.05) is 0 Å². The van der Waals surface area contributed by atoms with Crippen LogP contribution in [0.4, 0.5) is 0 Å². The van der Waals surface area contributed by atoms with E-state index in [0.29, 0.717) is 21.7 Å². The number of allylic oxidation sites excluding steroid dienone is 2. The van der Waals surface area contributed by atoms with Gasteiger partial charge in [-0.05, 0) is 17.5 Å². The van der Waals surface area contributed by atoms with Crippen LogP contribution in [-0.2, 0) is 4.79 Å². The minimum Gasteiger partial charge on any atom is -0.479 e. The maximum absolute atomic E-state index is 12.0. The summed E-state index contributed by atoms with van der Waals surface area (Å²) in [4.78, 5) is 28.5. The van der Waals surface area contributed by atoms with Crippen molar-refractivity contribution in [3.8, 4) is 0 Å². The molecule has 1 unspecified atom stereocenters. The number of carbonyl (C=O) groups excluding carboxylic acids is 1. The fourth-order valence-electron chi connectivity index (χ4n) is 2.23. The first kappa shape index (κ1) is 14.7. The Hall–Kier alpha value is -2.24. The highest BCUT2D eigenvalue weighted by atomic mass is 35.5. The number of fused-ring (bicyclic) bond motifs is 1. The standard InChI is InChI=1S/C16H10ClNO3S/c17-11-8-12(9-4-1-2-5-10(9)15(11)19)18-14(16(20)21)13-6-3-7-22-13/h1-8,14H,(H,20,21). The summed E-state index contributed by atoms with van der Waals surface area (Å²) in [6.07, 6.45) is 1.43. The largest absolute Gasteiger partial charge is 0.479 e. The number of nitrogens with zero attached hydrogens (tertiary/aromatic N) is 1. The Morgan fingerprint density at radius 3 is 2.55 bits per heavy atom. The lowest BCUT2D eigenvalue weighted by Crippen LogP contribution is -2.18. The third-order valence-corrected chi connectivity index (χ3v) is 4.45. The van der Waals surface area contributed by atoms with Crippen LogP contribution >= 0.6 is 22.9 Å². The SMILES string of the molecule is O=C1C(Cl)=CC(=NC(C(=O)O)c2cccs2)c2ccccc21. The number of aliphatic carboxylic acids is 1. The molecule has 0 fully saturated rings. The molecule has 0 saturated heterocycles. The number of carboxylic acids is 1. The number of thiophene rings is 1. The molecule has 0 bridgehead atoms. The van der Waals surface area contributed by atoms with Crippen molar-refractivity contribution in [1.29, 1.82) is 0 Å². The van der Waals surface area contributed by atoms with Crippen molar-refractivity contribution in [2.75, 3.05) is 0 Å². The number of benzene rings is 1. The van der Waals surface area contributed by atoms with Crippen LogP contribution in [0.15, 0.2) is 57.9 Å². The zero-order valence-electron chi connectivity index (χ0n) is 11.2. The number of Topliss-reactive ketones (excluding diaryl/α,β-unsaturated/α-hetero) is 1. The molecule has 0 spiro atoms. The lowest BCUT2D eigenvalue weighted by Gasteiger charge is -2.16. The van der Waals surface area contributed by atoms with Crippen molar-refractivity contribution in [1.82, 2.24) is 0 Å². The van der Waals surface area contributed by atoms with E-state index < -0.39 is 12.0 Å². The molecular formula is C16H10ClNO3S. The van der Waals surface area contributed by atoms with Crippen molar-refractivity contribution in [3.05, 3.63) is 68.9 Å². The van der Waals surface area contributed by atoms with E-state index in [-0.39, 0.29) is 10.8 Å². The minimum atomic E-state index is -1.05. The molecule has 2 aromatic rings. The summed E-state index contributed by atoms with van der Waals surface area (Å²) in [6, 6.07) is 9.38. The molecule has 22 heavy (non-hydrogen) atoms. The van der Waals surface area contributed by atoms with Gasteiger partial charge >= 0.3 is 5.97 Å². The van der Waals surface area contributed by atoms with Crippen LogP contribution in [0.5, 0.6) is 0 Å². The number of ketones is 1. The molecule has 0 radical (unpaired) electrons. The van der Waals surface area contributed by atoms with Crippen molar-refractivity contribution < 1.29 is 14.7 Å². The van der Waals surface area contributed by atoms with E-state index in [0.717, 1.165) is 0 Å². The summed E-state index contributed by atoms with van der Waals surface area (Å²) < 4.78 is 0. The average molecular weight is 332 g/mol. The van der Waals surface area contributed by atoms with Gasteiger partial charge in [-0.15, -0.1) is 11.3 Å². The molecule has 0 aliphatic heterocycles. The molecule has 1 N–H and O–H groups in total. The molecular weight excluding hydrogens is 322 g/mol. The van der Waals surface area contributed by atoms with E-state index >= 15 is 0 Å². The van der Waals surface area contributed by atoms with Gasteiger partial charge in [-0.3, -0.25) is 9.79 Å². The van der Waals surface area contributed by atoms with Crippen LogP contribution in [0.1, 0.15) is 26.8 Å². The van der Waals surface area contributed by atoms with Gasteiger partial charge in [0.05, 0.1) is 10.7 Å². The number of hydrogen-bond donors (Lipinski definition) is 1. The van der Waals surface area contributed by atoms with Gasteiger partial charge in [0, 0.05) is 16.0 Å². The number of halogens is 1. The van der Waals surface area contributed by atoms with Crippen LogP contribution in [0, 0.1) is 0 Å². The van der Waals surface area contributed by atoms with Crippen LogP contribution < -0.4 is 0 Å². The molecule has 1 heterocycles. The molecule has 1 atom stereocenters. The van der Waals surface area contributed by atoms with Gasteiger partial charge in [0.2, 0.25) is 5.78 Å². The van der Waals surface area contributed by atoms with Crippen molar-refractivity contribution >= 4 is 40.4 Å². The summed E-state index contributed by atoms with van der Waals surface area (Å²) >= 11 is 7.29. The van der Waals surface area contributed by atoms with Gasteiger partial charge in [0.15, 0.2) is 6.04 Å². The van der Waals surface area contributed by atoms with E-state index in [4.69, 9.17) is 11.6 Å². The van der Waals surface area contributed by atoms with Crippen molar-refractivity contribution in [2.45, 2.75) is 6.04 Å². The van der Waals surface area contributed by atoms with Gasteiger partial charge < -0.3 is 5.11 Å². The summed E-state index contributed by atoms with van der Waals surface area (Å²) in [6.45, 7) is 0. The molecule has 1 aliphatic rings. The predicted molar refractivity (Wildman–Crippen MR) is 85.9 cm³/mol. The summed E-state index contributed by atoms with van der Waals surface area (Å²) in [5, 5.41) is 11.3. The molecule has 6 heteroatoms. The average Bonchev–Trinajstić information content (AvgIpc) is 3.03. The Balaban J connectivity index is 2.13. The molecule has 4 nitrogen and oxygen atoms in total. The summed E-state index contributed by atoms with van der Waals surface area (Å²) in [7, 11) is 0. The molecule has 3 rings (SSSR count). The highest BCUT2D eigenvalue weighted by Crippen LogP contribution is 2.28. The quantitative estimate of drug-likeness (QED) is 0.932. The maximum atomic E-state index is 12.0. The lowest BCUT2D eigenvalue weighted by molar-refractivity contribution is -0.138. The third kappa shape index (κ3) is 2.61. The number of hydrogen-bond acceptors (Lipinski definition) is 4. The third-order valence-electron chi connectivity index (χ3n) is 3.24. The van der Waals surface area contributed by atoms with E-state index in [9.17, 15) is 14.7 Å². The zero-order valence-corrected chi connectivity index (χ0v) is 12.8. The smallest absolute Gasteiger partial charge is 0.333 e. The van der Waals surface area contributed by atoms with E-state index in [1.165, 1.54) is 17.4 Å². The predicted octanol–water partition coefficient (Wildman–Crippen LogP) is 3.68. The molecule has 110 valence electrons. The second-order valence-corrected chi connectivity index (χ2v) is 6.02. The topological polar surface area (TPSA) is 66.7 Å². The maximum Gasteiger partial charge on any atom is 0.333 e. The number of rotatable bonds is 3. The second kappa shape index (κ2) is 5.87. The summed E-state index contributed by atoms with van der Waals surface area (Å²) in [5.74, 6) is -1.33. The molecule has 0 saturated carbocycles. The van der Waals surface area contributed by atoms with E-state index in [1.54, 1.807) is 41.8 Å². The molecule has 1 aliphatic carbocycles. The highest BCUT2D eigenvalue weighted by molar-refractivity contribution is 7.10. The summed E-state index contributed by atoms with van der Waals surface area (Å²) in [5.41, 5.74) is 1.43. The number of aliphatic imine (C=N–C) groups is 1. The second-order valence-electron chi connectivity index (χ2n) is 4.64. The van der Waals surface area contributed by atoms with Gasteiger partial charge in [-0.2, -0.15) is 0 Å². The molecule has 1 aromatic carbocycles. The van der Waals surface area contributed by atoms with Crippen LogP contribution in [0.2, 0.25) is 0 Å². The van der Waals surface area contributed by atoms with Crippen LogP contribution in [0.3, 0.4) is 0 Å². The van der Waals surface area contributed by atoms with Crippen LogP contribution in [0.25, 0.3) is 0 Å². The number of carboxylic acid groups (broad SMARTS) is 1. The Morgan fingerprint density at radius 1 is 1.18 bits per heavy atom.